The van der Waals surface area contributed by atoms with Crippen LogP contribution in [0, 0.1) is 0 Å². The van der Waals surface area contributed by atoms with Gasteiger partial charge in [0.15, 0.2) is 0 Å². The van der Waals surface area contributed by atoms with Gasteiger partial charge in [0.1, 0.15) is 6.10 Å². The molecule has 1 aliphatic rings. The molecule has 1 amide bonds. The molecule has 0 spiro atoms. The van der Waals surface area contributed by atoms with E-state index in [4.69, 9.17) is 4.74 Å². The van der Waals surface area contributed by atoms with Crippen molar-refractivity contribution >= 4 is 16.8 Å². The lowest BCUT2D eigenvalue weighted by Gasteiger charge is -2.15. The zero-order valence-corrected chi connectivity index (χ0v) is 13.9. The summed E-state index contributed by atoms with van der Waals surface area (Å²) < 4.78 is 6.02. The number of carbonyl (C=O) groups excluding carboxylic acids is 1. The lowest BCUT2D eigenvalue weighted by molar-refractivity contribution is 0.0951. The summed E-state index contributed by atoms with van der Waals surface area (Å²) in [5, 5.41) is 10.7. The second-order valence-electron chi connectivity index (χ2n) is 6.31. The molecule has 1 aromatic carbocycles. The van der Waals surface area contributed by atoms with Crippen LogP contribution in [0.2, 0.25) is 0 Å². The van der Waals surface area contributed by atoms with Gasteiger partial charge < -0.3 is 10.1 Å². The summed E-state index contributed by atoms with van der Waals surface area (Å²) in [4.78, 5) is 16.9. The fourth-order valence-electron chi connectivity index (χ4n) is 3.26. The Morgan fingerprint density at radius 1 is 1.24 bits per heavy atom. The van der Waals surface area contributed by atoms with Crippen molar-refractivity contribution in [2.75, 3.05) is 0 Å². The molecule has 1 aliphatic carbocycles. The molecule has 0 radical (unpaired) electrons. The topological polar surface area (TPSA) is 79.9 Å². The second kappa shape index (κ2) is 6.93. The highest BCUT2D eigenvalue weighted by atomic mass is 16.5. The van der Waals surface area contributed by atoms with Gasteiger partial charge >= 0.3 is 0 Å². The molecule has 128 valence electrons. The molecule has 4 rings (SSSR count). The minimum Gasteiger partial charge on any atom is -0.474 e. The Bertz CT molecular complexity index is 884. The number of fused-ring (bicyclic) bond motifs is 1. The first-order valence-electron chi connectivity index (χ1n) is 8.62. The largest absolute Gasteiger partial charge is 0.474 e. The number of nitrogens with one attached hydrogen (secondary N) is 2. The number of pyridine rings is 1. The molecule has 2 aromatic heterocycles. The van der Waals surface area contributed by atoms with Gasteiger partial charge in [-0.1, -0.05) is 18.2 Å². The van der Waals surface area contributed by atoms with Gasteiger partial charge in [-0.25, -0.2) is 4.98 Å². The molecule has 0 bridgehead atoms. The standard InChI is InChI=1S/C19H20N4O2/c24-18(16-9-3-5-13-12-22-23-17(13)16)21-11-14-6-4-10-20-19(14)25-15-7-1-2-8-15/h3-6,9-10,12,15H,1-2,7-8,11H2,(H,21,24)(H,22,23). The summed E-state index contributed by atoms with van der Waals surface area (Å²) in [5.74, 6) is 0.472. The minimum absolute atomic E-state index is 0.148. The van der Waals surface area contributed by atoms with E-state index in [1.165, 1.54) is 12.8 Å². The van der Waals surface area contributed by atoms with Crippen LogP contribution in [0.15, 0.2) is 42.7 Å². The number of H-pyrrole nitrogens is 1. The number of ether oxygens (including phenoxy) is 1. The van der Waals surface area contributed by atoms with Crippen molar-refractivity contribution in [1.29, 1.82) is 0 Å². The first kappa shape index (κ1) is 15.6. The van der Waals surface area contributed by atoms with Crippen molar-refractivity contribution in [3.05, 3.63) is 53.9 Å². The smallest absolute Gasteiger partial charge is 0.253 e. The summed E-state index contributed by atoms with van der Waals surface area (Å²) in [6.07, 6.45) is 8.23. The Labute approximate surface area is 145 Å². The lowest BCUT2D eigenvalue weighted by Crippen LogP contribution is -2.24. The highest BCUT2D eigenvalue weighted by Gasteiger charge is 2.19. The molecule has 0 saturated heterocycles. The molecule has 6 nitrogen and oxygen atoms in total. The molecular weight excluding hydrogens is 316 g/mol. The number of hydrogen-bond donors (Lipinski definition) is 2. The number of rotatable bonds is 5. The molecular formula is C19H20N4O2. The third kappa shape index (κ3) is 3.33. The third-order valence-corrected chi connectivity index (χ3v) is 4.59. The van der Waals surface area contributed by atoms with E-state index in [-0.39, 0.29) is 12.0 Å². The number of carbonyl (C=O) groups is 1. The van der Waals surface area contributed by atoms with Crippen LogP contribution >= 0.6 is 0 Å². The van der Waals surface area contributed by atoms with Crippen molar-refractivity contribution in [3.63, 3.8) is 0 Å². The van der Waals surface area contributed by atoms with E-state index in [2.05, 4.69) is 20.5 Å². The Kier molecular flexibility index (Phi) is 4.33. The Hall–Kier alpha value is -2.89. The number of para-hydroxylation sites is 1. The molecule has 6 heteroatoms. The minimum atomic E-state index is -0.148. The maximum Gasteiger partial charge on any atom is 0.253 e. The molecule has 0 unspecified atom stereocenters. The molecule has 2 N–H and O–H groups in total. The SMILES string of the molecule is O=C(NCc1cccnc1OC1CCCC1)c1cccc2cn[nH]c12. The average molecular weight is 336 g/mol. The van der Waals surface area contributed by atoms with Crippen LogP contribution in [0.25, 0.3) is 10.9 Å². The van der Waals surface area contributed by atoms with E-state index < -0.39 is 0 Å². The zero-order chi connectivity index (χ0) is 17.1. The Balaban J connectivity index is 1.47. The maximum absolute atomic E-state index is 12.6. The van der Waals surface area contributed by atoms with E-state index >= 15 is 0 Å². The Morgan fingerprint density at radius 2 is 2.12 bits per heavy atom. The molecule has 1 fully saturated rings. The van der Waals surface area contributed by atoms with Crippen molar-refractivity contribution in [2.45, 2.75) is 38.3 Å². The normalized spacial score (nSPS) is 14.7. The fraction of sp³-hybridized carbons (Fsp3) is 0.316. The van der Waals surface area contributed by atoms with Gasteiger partial charge in [0, 0.05) is 23.7 Å². The molecule has 1 saturated carbocycles. The van der Waals surface area contributed by atoms with Crippen LogP contribution < -0.4 is 10.1 Å². The fourth-order valence-corrected chi connectivity index (χ4v) is 3.26. The van der Waals surface area contributed by atoms with Gasteiger partial charge in [-0.05, 0) is 37.8 Å². The van der Waals surface area contributed by atoms with Crippen LogP contribution in [0.5, 0.6) is 5.88 Å². The highest BCUT2D eigenvalue weighted by molar-refractivity contribution is 6.05. The highest BCUT2D eigenvalue weighted by Crippen LogP contribution is 2.25. The maximum atomic E-state index is 12.6. The van der Waals surface area contributed by atoms with E-state index in [1.54, 1.807) is 18.5 Å². The summed E-state index contributed by atoms with van der Waals surface area (Å²) in [6, 6.07) is 9.36. The predicted molar refractivity (Wildman–Crippen MR) is 94.4 cm³/mol. The summed E-state index contributed by atoms with van der Waals surface area (Å²) in [5.41, 5.74) is 2.21. The van der Waals surface area contributed by atoms with Gasteiger partial charge in [-0.3, -0.25) is 9.89 Å². The number of aromatic nitrogens is 3. The first-order chi connectivity index (χ1) is 12.3. The molecule has 0 aliphatic heterocycles. The van der Waals surface area contributed by atoms with Crippen LogP contribution in [-0.2, 0) is 6.54 Å². The quantitative estimate of drug-likeness (QED) is 0.750. The van der Waals surface area contributed by atoms with Crippen LogP contribution in [0.4, 0.5) is 0 Å². The number of aromatic amines is 1. The molecule has 2 heterocycles. The average Bonchev–Trinajstić information content (AvgIpc) is 3.31. The lowest BCUT2D eigenvalue weighted by atomic mass is 10.1. The van der Waals surface area contributed by atoms with E-state index in [9.17, 15) is 4.79 Å². The van der Waals surface area contributed by atoms with E-state index in [0.29, 0.717) is 18.0 Å². The predicted octanol–water partition coefficient (Wildman–Crippen LogP) is 3.21. The number of amides is 1. The molecule has 0 atom stereocenters. The van der Waals surface area contributed by atoms with Crippen molar-refractivity contribution in [3.8, 4) is 5.88 Å². The third-order valence-electron chi connectivity index (χ3n) is 4.59. The van der Waals surface area contributed by atoms with Gasteiger partial charge in [0.2, 0.25) is 5.88 Å². The van der Waals surface area contributed by atoms with E-state index in [1.807, 2.05) is 24.3 Å². The van der Waals surface area contributed by atoms with Gasteiger partial charge in [0.05, 0.1) is 17.3 Å². The van der Waals surface area contributed by atoms with Gasteiger partial charge in [-0.2, -0.15) is 5.10 Å². The van der Waals surface area contributed by atoms with Crippen molar-refractivity contribution < 1.29 is 9.53 Å². The van der Waals surface area contributed by atoms with Crippen LogP contribution in [0.1, 0.15) is 41.6 Å². The molecule has 25 heavy (non-hydrogen) atoms. The monoisotopic (exact) mass is 336 g/mol. The van der Waals surface area contributed by atoms with Crippen LogP contribution in [-0.4, -0.2) is 27.2 Å². The first-order valence-corrected chi connectivity index (χ1v) is 8.62. The van der Waals surface area contributed by atoms with E-state index in [0.717, 1.165) is 29.3 Å². The Morgan fingerprint density at radius 3 is 3.00 bits per heavy atom. The van der Waals surface area contributed by atoms with Gasteiger partial charge in [0.25, 0.3) is 5.91 Å². The zero-order valence-electron chi connectivity index (χ0n) is 13.9. The van der Waals surface area contributed by atoms with Crippen LogP contribution in [0.3, 0.4) is 0 Å². The molecule has 3 aromatic rings. The van der Waals surface area contributed by atoms with Crippen molar-refractivity contribution in [1.82, 2.24) is 20.5 Å². The number of benzene rings is 1. The number of nitrogens with zero attached hydrogens (tertiary/aromatic N) is 2. The summed E-state index contributed by atoms with van der Waals surface area (Å²) in [7, 11) is 0. The summed E-state index contributed by atoms with van der Waals surface area (Å²) in [6.45, 7) is 0.374. The summed E-state index contributed by atoms with van der Waals surface area (Å²) >= 11 is 0. The second-order valence-corrected chi connectivity index (χ2v) is 6.31. The number of hydrogen-bond acceptors (Lipinski definition) is 4. The van der Waals surface area contributed by atoms with Crippen molar-refractivity contribution in [2.24, 2.45) is 0 Å². The van der Waals surface area contributed by atoms with Gasteiger partial charge in [-0.15, -0.1) is 0 Å².